The van der Waals surface area contributed by atoms with Crippen molar-refractivity contribution in [3.05, 3.63) is 35.4 Å². The van der Waals surface area contributed by atoms with Crippen LogP contribution in [0.3, 0.4) is 0 Å². The number of rotatable bonds is 1. The minimum absolute atomic E-state index is 0.0221. The molecule has 2 amide bonds. The first-order chi connectivity index (χ1) is 8.70. The predicted molar refractivity (Wildman–Crippen MR) is 67.4 cm³/mol. The molecule has 94 valence electrons. The van der Waals surface area contributed by atoms with Crippen molar-refractivity contribution in [2.45, 2.75) is 31.8 Å². The maximum absolute atomic E-state index is 12.3. The first-order valence-electron chi connectivity index (χ1n) is 6.40. The van der Waals surface area contributed by atoms with Crippen molar-refractivity contribution in [1.29, 1.82) is 0 Å². The molecule has 1 N–H and O–H groups in total. The van der Waals surface area contributed by atoms with Gasteiger partial charge in [-0.3, -0.25) is 14.5 Å². The van der Waals surface area contributed by atoms with E-state index in [0.29, 0.717) is 11.1 Å². The summed E-state index contributed by atoms with van der Waals surface area (Å²) in [6.45, 7) is 2.99. The summed E-state index contributed by atoms with van der Waals surface area (Å²) in [5, 5.41) is 3.33. The number of benzene rings is 1. The van der Waals surface area contributed by atoms with Crippen molar-refractivity contribution in [1.82, 2.24) is 10.2 Å². The maximum atomic E-state index is 12.3. The van der Waals surface area contributed by atoms with Crippen LogP contribution in [-0.2, 0) is 0 Å². The molecule has 2 aliphatic heterocycles. The van der Waals surface area contributed by atoms with Crippen molar-refractivity contribution in [3.8, 4) is 0 Å². The topological polar surface area (TPSA) is 49.4 Å². The van der Waals surface area contributed by atoms with Gasteiger partial charge in [0.05, 0.1) is 17.2 Å². The van der Waals surface area contributed by atoms with Crippen molar-refractivity contribution >= 4 is 11.8 Å². The zero-order valence-corrected chi connectivity index (χ0v) is 10.3. The van der Waals surface area contributed by atoms with Gasteiger partial charge >= 0.3 is 0 Å². The number of hydrogen-bond acceptors (Lipinski definition) is 3. The van der Waals surface area contributed by atoms with E-state index in [0.717, 1.165) is 19.4 Å². The number of imide groups is 1. The van der Waals surface area contributed by atoms with Gasteiger partial charge < -0.3 is 5.32 Å². The molecule has 1 saturated heterocycles. The Morgan fingerprint density at radius 2 is 1.78 bits per heavy atom. The Morgan fingerprint density at radius 1 is 1.17 bits per heavy atom. The molecule has 1 aromatic carbocycles. The molecular weight excluding hydrogens is 228 g/mol. The van der Waals surface area contributed by atoms with Gasteiger partial charge in [-0.25, -0.2) is 0 Å². The molecule has 0 bridgehead atoms. The monoisotopic (exact) mass is 244 g/mol. The molecule has 18 heavy (non-hydrogen) atoms. The van der Waals surface area contributed by atoms with Crippen LogP contribution in [0.25, 0.3) is 0 Å². The third-order valence-corrected chi connectivity index (χ3v) is 3.88. The van der Waals surface area contributed by atoms with Gasteiger partial charge in [0.25, 0.3) is 11.8 Å². The molecule has 4 nitrogen and oxygen atoms in total. The molecule has 2 unspecified atom stereocenters. The van der Waals surface area contributed by atoms with Crippen LogP contribution < -0.4 is 5.32 Å². The summed E-state index contributed by atoms with van der Waals surface area (Å²) in [7, 11) is 0. The van der Waals surface area contributed by atoms with Gasteiger partial charge in [0.15, 0.2) is 0 Å². The standard InChI is InChI=1S/C14H16N2O2/c1-9-12(7-4-8-15-9)16-13(17)10-5-2-3-6-11(10)14(16)18/h2-3,5-6,9,12,15H,4,7-8H2,1H3. The quantitative estimate of drug-likeness (QED) is 0.760. The zero-order chi connectivity index (χ0) is 12.7. The lowest BCUT2D eigenvalue weighted by atomic mass is 9.98. The Bertz CT molecular complexity index is 477. The Hall–Kier alpha value is -1.68. The number of carbonyl (C=O) groups excluding carboxylic acids is 2. The minimum atomic E-state index is -0.142. The highest BCUT2D eigenvalue weighted by Crippen LogP contribution is 2.28. The van der Waals surface area contributed by atoms with E-state index in [2.05, 4.69) is 5.32 Å². The van der Waals surface area contributed by atoms with Gasteiger partial charge in [-0.2, -0.15) is 0 Å². The van der Waals surface area contributed by atoms with Crippen LogP contribution in [0, 0.1) is 0 Å². The summed E-state index contributed by atoms with van der Waals surface area (Å²) in [5.74, 6) is -0.285. The molecule has 0 radical (unpaired) electrons. The first kappa shape index (κ1) is 11.4. The van der Waals surface area contributed by atoms with Crippen LogP contribution in [0.1, 0.15) is 40.5 Å². The van der Waals surface area contributed by atoms with Crippen molar-refractivity contribution < 1.29 is 9.59 Å². The third-order valence-electron chi connectivity index (χ3n) is 3.88. The molecule has 4 heteroatoms. The Labute approximate surface area is 106 Å². The Balaban J connectivity index is 1.96. The number of piperidine rings is 1. The van der Waals surface area contributed by atoms with E-state index < -0.39 is 0 Å². The second kappa shape index (κ2) is 4.21. The molecule has 0 aliphatic carbocycles. The predicted octanol–water partition coefficient (Wildman–Crippen LogP) is 1.42. The lowest BCUT2D eigenvalue weighted by Gasteiger charge is -2.35. The lowest BCUT2D eigenvalue weighted by molar-refractivity contribution is 0.0521. The highest BCUT2D eigenvalue weighted by Gasteiger charge is 2.41. The van der Waals surface area contributed by atoms with E-state index >= 15 is 0 Å². The van der Waals surface area contributed by atoms with Gasteiger partial charge in [-0.15, -0.1) is 0 Å². The molecule has 2 heterocycles. The molecule has 0 saturated carbocycles. The first-order valence-corrected chi connectivity index (χ1v) is 6.40. The number of nitrogens with zero attached hydrogens (tertiary/aromatic N) is 1. The summed E-state index contributed by atoms with van der Waals surface area (Å²) < 4.78 is 0. The summed E-state index contributed by atoms with van der Waals surface area (Å²) in [4.78, 5) is 26.1. The lowest BCUT2D eigenvalue weighted by Crippen LogP contribution is -2.54. The van der Waals surface area contributed by atoms with E-state index in [1.807, 2.05) is 6.92 Å². The van der Waals surface area contributed by atoms with Crippen LogP contribution >= 0.6 is 0 Å². The van der Waals surface area contributed by atoms with Crippen LogP contribution in [0.15, 0.2) is 24.3 Å². The largest absolute Gasteiger partial charge is 0.312 e. The highest BCUT2D eigenvalue weighted by atomic mass is 16.2. The molecule has 0 aromatic heterocycles. The van der Waals surface area contributed by atoms with Gasteiger partial charge in [0, 0.05) is 6.04 Å². The SMILES string of the molecule is CC1NCCCC1N1C(=O)c2ccccc2C1=O. The minimum Gasteiger partial charge on any atom is -0.312 e. The average Bonchev–Trinajstić information content (AvgIpc) is 2.64. The summed E-state index contributed by atoms with van der Waals surface area (Å²) >= 11 is 0. The van der Waals surface area contributed by atoms with E-state index in [-0.39, 0.29) is 23.9 Å². The van der Waals surface area contributed by atoms with E-state index in [1.54, 1.807) is 24.3 Å². The van der Waals surface area contributed by atoms with Crippen molar-refractivity contribution in [3.63, 3.8) is 0 Å². The number of hydrogen-bond donors (Lipinski definition) is 1. The van der Waals surface area contributed by atoms with Crippen molar-refractivity contribution in [2.75, 3.05) is 6.54 Å². The fraction of sp³-hybridized carbons (Fsp3) is 0.429. The molecule has 0 spiro atoms. The zero-order valence-electron chi connectivity index (χ0n) is 10.3. The van der Waals surface area contributed by atoms with Crippen LogP contribution in [0.5, 0.6) is 0 Å². The molecule has 2 aliphatic rings. The van der Waals surface area contributed by atoms with Gasteiger partial charge in [-0.1, -0.05) is 12.1 Å². The van der Waals surface area contributed by atoms with E-state index in [9.17, 15) is 9.59 Å². The van der Waals surface area contributed by atoms with E-state index in [1.165, 1.54) is 4.90 Å². The van der Waals surface area contributed by atoms with E-state index in [4.69, 9.17) is 0 Å². The average molecular weight is 244 g/mol. The van der Waals surface area contributed by atoms with Gasteiger partial charge in [-0.05, 0) is 38.4 Å². The van der Waals surface area contributed by atoms with Crippen molar-refractivity contribution in [2.24, 2.45) is 0 Å². The smallest absolute Gasteiger partial charge is 0.261 e. The number of amides is 2. The summed E-state index contributed by atoms with van der Waals surface area (Å²) in [6.07, 6.45) is 1.89. The molecule has 2 atom stereocenters. The number of carbonyl (C=O) groups is 2. The molecule has 3 rings (SSSR count). The summed E-state index contributed by atoms with van der Waals surface area (Å²) in [6, 6.07) is 7.21. The van der Waals surface area contributed by atoms with Gasteiger partial charge in [0.1, 0.15) is 0 Å². The summed E-state index contributed by atoms with van der Waals surface area (Å²) in [5.41, 5.74) is 1.08. The molecule has 1 fully saturated rings. The van der Waals surface area contributed by atoms with Crippen LogP contribution in [0.2, 0.25) is 0 Å². The number of nitrogens with one attached hydrogen (secondary N) is 1. The Kier molecular flexibility index (Phi) is 2.67. The number of fused-ring (bicyclic) bond motifs is 1. The maximum Gasteiger partial charge on any atom is 0.261 e. The highest BCUT2D eigenvalue weighted by molar-refractivity contribution is 6.21. The fourth-order valence-electron chi connectivity index (χ4n) is 2.89. The van der Waals surface area contributed by atoms with Crippen LogP contribution in [-0.4, -0.2) is 35.3 Å². The second-order valence-electron chi connectivity index (χ2n) is 4.98. The normalized spacial score (nSPS) is 27.5. The third kappa shape index (κ3) is 1.56. The second-order valence-corrected chi connectivity index (χ2v) is 4.98. The molecular formula is C14H16N2O2. The fourth-order valence-corrected chi connectivity index (χ4v) is 2.89. The van der Waals surface area contributed by atoms with Crippen LogP contribution in [0.4, 0.5) is 0 Å². The van der Waals surface area contributed by atoms with Gasteiger partial charge in [0.2, 0.25) is 0 Å². The Morgan fingerprint density at radius 3 is 2.33 bits per heavy atom. The molecule has 1 aromatic rings.